The van der Waals surface area contributed by atoms with Gasteiger partial charge in [0.25, 0.3) is 0 Å². The molecule has 0 bridgehead atoms. The summed E-state index contributed by atoms with van der Waals surface area (Å²) in [5, 5.41) is 7.76. The summed E-state index contributed by atoms with van der Waals surface area (Å²) >= 11 is 3.73. The molecule has 1 nitrogen and oxygen atoms in total. The highest BCUT2D eigenvalue weighted by atomic mass is 32.1. The summed E-state index contributed by atoms with van der Waals surface area (Å²) in [4.78, 5) is 2.44. The van der Waals surface area contributed by atoms with Gasteiger partial charge < -0.3 is 4.90 Å². The molecule has 3 heteroatoms. The van der Waals surface area contributed by atoms with Gasteiger partial charge in [-0.25, -0.2) is 0 Å². The first-order chi connectivity index (χ1) is 27.2. The highest BCUT2D eigenvalue weighted by Gasteiger charge is 2.19. The van der Waals surface area contributed by atoms with E-state index in [9.17, 15) is 0 Å². The summed E-state index contributed by atoms with van der Waals surface area (Å²) in [7, 11) is 0. The van der Waals surface area contributed by atoms with Crippen LogP contribution in [0.15, 0.2) is 200 Å². The molecule has 0 N–H and O–H groups in total. The van der Waals surface area contributed by atoms with E-state index in [2.05, 4.69) is 205 Å². The second-order valence-electron chi connectivity index (χ2n) is 14.1. The van der Waals surface area contributed by atoms with Gasteiger partial charge in [0, 0.05) is 47.0 Å². The van der Waals surface area contributed by atoms with E-state index in [4.69, 9.17) is 0 Å². The van der Waals surface area contributed by atoms with E-state index < -0.39 is 0 Å². The lowest BCUT2D eigenvalue weighted by molar-refractivity contribution is 1.30. The lowest BCUT2D eigenvalue weighted by atomic mass is 9.95. The normalized spacial score (nSPS) is 11.6. The van der Waals surface area contributed by atoms with Gasteiger partial charge in [-0.1, -0.05) is 140 Å². The maximum Gasteiger partial charge on any atom is 0.0640 e. The zero-order valence-electron chi connectivity index (χ0n) is 29.8. The molecule has 0 atom stereocenters. The quantitative estimate of drug-likeness (QED) is 0.164. The molecule has 0 fully saturated rings. The summed E-state index contributed by atoms with van der Waals surface area (Å²) in [6.07, 6.45) is 0. The van der Waals surface area contributed by atoms with Gasteiger partial charge in [0.2, 0.25) is 0 Å². The summed E-state index contributed by atoms with van der Waals surface area (Å²) in [5.41, 5.74) is 10.7. The second kappa shape index (κ2) is 13.1. The van der Waals surface area contributed by atoms with Crippen molar-refractivity contribution in [3.63, 3.8) is 0 Å². The molecule has 11 rings (SSSR count). The molecule has 258 valence electrons. The zero-order chi connectivity index (χ0) is 36.3. The largest absolute Gasteiger partial charge is 0.309 e. The highest BCUT2D eigenvalue weighted by Crippen LogP contribution is 2.46. The fraction of sp³-hybridized carbons (Fsp3) is 0. The number of fused-ring (bicyclic) bond motifs is 7. The van der Waals surface area contributed by atoms with Crippen LogP contribution in [0, 0.1) is 0 Å². The first-order valence-electron chi connectivity index (χ1n) is 18.7. The Kier molecular flexibility index (Phi) is 7.61. The maximum absolute atomic E-state index is 2.44. The molecule has 0 radical (unpaired) electrons. The van der Waals surface area contributed by atoms with E-state index in [0.717, 1.165) is 11.4 Å². The van der Waals surface area contributed by atoms with E-state index in [1.165, 1.54) is 90.2 Å². The fourth-order valence-electron chi connectivity index (χ4n) is 8.21. The lowest BCUT2D eigenvalue weighted by Crippen LogP contribution is -2.10. The standard InChI is InChI=1S/C52H33NS2/c1-2-17-42-35(11-1)12-9-20-43(42)39-15-7-13-36(31-39)37-14-8-16-41(32-37)53(48-22-10-21-46-44-18-3-6-24-50(44)55-52(46)48)40-28-25-34(26-29-40)38-27-30-51-47(33-38)45-19-4-5-23-49(45)54-51/h1-33H. The molecular formula is C52H33NS2. The SMILES string of the molecule is c1cc(-c2cccc(N(c3ccc(-c4ccc5sc6ccccc6c5c4)cc3)c3cccc4c3sc3ccccc34)c2)cc(-c2cccc3ccccc23)c1. The van der Waals surface area contributed by atoms with Crippen LogP contribution in [0.4, 0.5) is 17.1 Å². The summed E-state index contributed by atoms with van der Waals surface area (Å²) < 4.78 is 5.24. The van der Waals surface area contributed by atoms with Crippen LogP contribution in [0.1, 0.15) is 0 Å². The highest BCUT2D eigenvalue weighted by molar-refractivity contribution is 7.26. The predicted octanol–water partition coefficient (Wildman–Crippen LogP) is 16.0. The van der Waals surface area contributed by atoms with Crippen molar-refractivity contribution in [3.05, 3.63) is 200 Å². The predicted molar refractivity (Wildman–Crippen MR) is 241 cm³/mol. The Morgan fingerprint density at radius 3 is 1.75 bits per heavy atom. The van der Waals surface area contributed by atoms with Crippen molar-refractivity contribution in [1.29, 1.82) is 0 Å². The Labute approximate surface area is 327 Å². The van der Waals surface area contributed by atoms with Crippen LogP contribution in [0.25, 0.3) is 84.5 Å². The Hall–Kier alpha value is -6.52. The molecule has 0 saturated carbocycles. The molecule has 0 spiro atoms. The Bertz CT molecular complexity index is 3220. The van der Waals surface area contributed by atoms with Crippen molar-refractivity contribution in [2.75, 3.05) is 4.90 Å². The average molecular weight is 736 g/mol. The van der Waals surface area contributed by atoms with Crippen molar-refractivity contribution >= 4 is 90.9 Å². The number of benzene rings is 9. The molecule has 55 heavy (non-hydrogen) atoms. The van der Waals surface area contributed by atoms with Crippen molar-refractivity contribution in [3.8, 4) is 33.4 Å². The molecule has 0 aliphatic heterocycles. The van der Waals surface area contributed by atoms with Crippen molar-refractivity contribution in [1.82, 2.24) is 0 Å². The topological polar surface area (TPSA) is 3.24 Å². The Balaban J connectivity index is 1.04. The molecule has 0 aliphatic rings. The first-order valence-corrected chi connectivity index (χ1v) is 20.3. The van der Waals surface area contributed by atoms with Crippen LogP contribution in [0.3, 0.4) is 0 Å². The third-order valence-electron chi connectivity index (χ3n) is 10.9. The third-order valence-corrected chi connectivity index (χ3v) is 13.2. The van der Waals surface area contributed by atoms with Gasteiger partial charge in [-0.05, 0) is 105 Å². The molecule has 11 aromatic rings. The molecule has 9 aromatic carbocycles. The molecule has 0 aliphatic carbocycles. The second-order valence-corrected chi connectivity index (χ2v) is 16.2. The van der Waals surface area contributed by atoms with Gasteiger partial charge in [0.1, 0.15) is 0 Å². The average Bonchev–Trinajstić information content (AvgIpc) is 3.83. The van der Waals surface area contributed by atoms with Crippen molar-refractivity contribution in [2.45, 2.75) is 0 Å². The van der Waals surface area contributed by atoms with Crippen LogP contribution in [-0.2, 0) is 0 Å². The smallest absolute Gasteiger partial charge is 0.0640 e. The van der Waals surface area contributed by atoms with Gasteiger partial charge in [-0.3, -0.25) is 0 Å². The third kappa shape index (κ3) is 5.51. The van der Waals surface area contributed by atoms with Crippen LogP contribution in [0.5, 0.6) is 0 Å². The van der Waals surface area contributed by atoms with Gasteiger partial charge in [-0.2, -0.15) is 0 Å². The minimum atomic E-state index is 1.12. The minimum Gasteiger partial charge on any atom is -0.309 e. The fourth-order valence-corrected chi connectivity index (χ4v) is 10.5. The Morgan fingerprint density at radius 2 is 0.891 bits per heavy atom. The molecule has 0 saturated heterocycles. The number of nitrogens with zero attached hydrogens (tertiary/aromatic N) is 1. The van der Waals surface area contributed by atoms with Crippen molar-refractivity contribution in [2.24, 2.45) is 0 Å². The molecular weight excluding hydrogens is 703 g/mol. The van der Waals surface area contributed by atoms with Gasteiger partial charge >= 0.3 is 0 Å². The summed E-state index contributed by atoms with van der Waals surface area (Å²) in [6, 6.07) is 73.5. The Morgan fingerprint density at radius 1 is 0.309 bits per heavy atom. The van der Waals surface area contributed by atoms with E-state index in [1.54, 1.807) is 0 Å². The van der Waals surface area contributed by atoms with Gasteiger partial charge in [-0.15, -0.1) is 22.7 Å². The molecule has 2 heterocycles. The summed E-state index contributed by atoms with van der Waals surface area (Å²) in [5.74, 6) is 0. The number of hydrogen-bond acceptors (Lipinski definition) is 3. The molecule has 2 aromatic heterocycles. The van der Waals surface area contributed by atoms with E-state index in [1.807, 2.05) is 22.7 Å². The first kappa shape index (κ1) is 32.0. The summed E-state index contributed by atoms with van der Waals surface area (Å²) in [6.45, 7) is 0. The number of rotatable bonds is 6. The van der Waals surface area contributed by atoms with Crippen LogP contribution >= 0.6 is 22.7 Å². The monoisotopic (exact) mass is 735 g/mol. The van der Waals surface area contributed by atoms with Crippen molar-refractivity contribution < 1.29 is 0 Å². The van der Waals surface area contributed by atoms with Gasteiger partial charge in [0.05, 0.1) is 10.4 Å². The number of anilines is 3. The number of hydrogen-bond donors (Lipinski definition) is 0. The van der Waals surface area contributed by atoms with Crippen LogP contribution in [0.2, 0.25) is 0 Å². The van der Waals surface area contributed by atoms with E-state index in [0.29, 0.717) is 0 Å². The molecule has 0 amide bonds. The van der Waals surface area contributed by atoms with E-state index in [-0.39, 0.29) is 0 Å². The minimum absolute atomic E-state index is 1.12. The van der Waals surface area contributed by atoms with E-state index >= 15 is 0 Å². The van der Waals surface area contributed by atoms with Crippen LogP contribution in [-0.4, -0.2) is 0 Å². The van der Waals surface area contributed by atoms with Crippen LogP contribution < -0.4 is 4.90 Å². The zero-order valence-corrected chi connectivity index (χ0v) is 31.4. The molecule has 0 unspecified atom stereocenters. The lowest BCUT2D eigenvalue weighted by Gasteiger charge is -2.27. The maximum atomic E-state index is 2.44. The number of thiophene rings is 2. The van der Waals surface area contributed by atoms with Gasteiger partial charge in [0.15, 0.2) is 0 Å².